The number of nitriles is 1. The van der Waals surface area contributed by atoms with Crippen molar-refractivity contribution in [1.29, 1.82) is 5.26 Å². The maximum absolute atomic E-state index is 12.6. The molecule has 1 N–H and O–H groups in total. The van der Waals surface area contributed by atoms with Crippen LogP contribution in [0.25, 0.3) is 0 Å². The van der Waals surface area contributed by atoms with E-state index in [1.54, 1.807) is 11.3 Å². The number of benzene rings is 1. The van der Waals surface area contributed by atoms with E-state index in [4.69, 9.17) is 0 Å². The lowest BCUT2D eigenvalue weighted by atomic mass is 9.88. The third kappa shape index (κ3) is 2.74. The number of anilines is 1. The first kappa shape index (κ1) is 15.4. The lowest BCUT2D eigenvalue weighted by Gasteiger charge is -2.17. The van der Waals surface area contributed by atoms with Gasteiger partial charge < -0.3 is 5.32 Å². The fraction of sp³-hybridized carbons (Fsp3) is 0.400. The van der Waals surface area contributed by atoms with Crippen molar-refractivity contribution >= 4 is 22.2 Å². The van der Waals surface area contributed by atoms with Gasteiger partial charge in [-0.25, -0.2) is 0 Å². The molecule has 4 rings (SSSR count). The van der Waals surface area contributed by atoms with Crippen LogP contribution in [0.1, 0.15) is 47.3 Å². The Morgan fingerprint density at radius 3 is 2.88 bits per heavy atom. The second-order valence-electron chi connectivity index (χ2n) is 7.02. The zero-order valence-corrected chi connectivity index (χ0v) is 14.5. The van der Waals surface area contributed by atoms with Crippen LogP contribution < -0.4 is 5.32 Å². The van der Waals surface area contributed by atoms with E-state index < -0.39 is 0 Å². The number of nitrogens with one attached hydrogen (secondary N) is 1. The van der Waals surface area contributed by atoms with Gasteiger partial charge in [0, 0.05) is 10.8 Å². The molecular weight excluding hydrogens is 316 g/mol. The molecule has 0 saturated heterocycles. The van der Waals surface area contributed by atoms with Gasteiger partial charge in [-0.3, -0.25) is 4.79 Å². The Bertz CT molecular complexity index is 818. The minimum Gasteiger partial charge on any atom is -0.316 e. The number of nitrogens with zero attached hydrogens (tertiary/aromatic N) is 1. The van der Waals surface area contributed by atoms with Gasteiger partial charge in [-0.2, -0.15) is 5.26 Å². The quantitative estimate of drug-likeness (QED) is 0.898. The van der Waals surface area contributed by atoms with Gasteiger partial charge in [-0.15, -0.1) is 11.3 Å². The standard InChI is InChI=1S/C20H20N2OS/c1-12-7-8-14-17(11-21)20(24-18(14)9-12)22-19(23)16-10-15(16)13-5-3-2-4-6-13/h2-6,12,15-16H,7-10H2,1H3,(H,22,23)/t12-,15+,16+/m1/s1. The maximum Gasteiger partial charge on any atom is 0.228 e. The summed E-state index contributed by atoms with van der Waals surface area (Å²) < 4.78 is 0. The highest BCUT2D eigenvalue weighted by atomic mass is 32.1. The SMILES string of the molecule is C[C@@H]1CCc2c(sc(NC(=O)[C@H]3C[C@H]3c3ccccc3)c2C#N)C1. The van der Waals surface area contributed by atoms with Crippen molar-refractivity contribution in [3.63, 3.8) is 0 Å². The average molecular weight is 336 g/mol. The van der Waals surface area contributed by atoms with Crippen molar-refractivity contribution in [2.75, 3.05) is 5.32 Å². The van der Waals surface area contributed by atoms with E-state index in [-0.39, 0.29) is 11.8 Å². The van der Waals surface area contributed by atoms with Crippen LogP contribution in [0.2, 0.25) is 0 Å². The molecule has 4 heteroatoms. The van der Waals surface area contributed by atoms with Crippen molar-refractivity contribution in [3.8, 4) is 6.07 Å². The van der Waals surface area contributed by atoms with Crippen molar-refractivity contribution in [2.24, 2.45) is 11.8 Å². The monoisotopic (exact) mass is 336 g/mol. The summed E-state index contributed by atoms with van der Waals surface area (Å²) in [5, 5.41) is 13.3. The third-order valence-corrected chi connectivity index (χ3v) is 6.38. The van der Waals surface area contributed by atoms with Crippen LogP contribution in [0, 0.1) is 23.2 Å². The number of hydrogen-bond donors (Lipinski definition) is 1. The highest BCUT2D eigenvalue weighted by Gasteiger charge is 2.44. The van der Waals surface area contributed by atoms with Crippen LogP contribution in [0.4, 0.5) is 5.00 Å². The molecule has 122 valence electrons. The Balaban J connectivity index is 1.50. The molecule has 3 atom stereocenters. The average Bonchev–Trinajstić information content (AvgIpc) is 3.32. The van der Waals surface area contributed by atoms with Crippen molar-refractivity contribution < 1.29 is 4.79 Å². The Labute approximate surface area is 146 Å². The minimum absolute atomic E-state index is 0.0389. The van der Waals surface area contributed by atoms with Crippen LogP contribution in [0.15, 0.2) is 30.3 Å². The van der Waals surface area contributed by atoms with E-state index in [0.717, 1.165) is 30.7 Å². The summed E-state index contributed by atoms with van der Waals surface area (Å²) in [6.07, 6.45) is 4.02. The first-order chi connectivity index (χ1) is 11.7. The van der Waals surface area contributed by atoms with Gasteiger partial charge in [0.25, 0.3) is 0 Å². The molecule has 1 amide bonds. The smallest absolute Gasteiger partial charge is 0.228 e. The molecule has 2 aliphatic carbocycles. The number of thiophene rings is 1. The number of fused-ring (bicyclic) bond motifs is 1. The van der Waals surface area contributed by atoms with Crippen LogP contribution in [0.5, 0.6) is 0 Å². The summed E-state index contributed by atoms with van der Waals surface area (Å²) in [5.74, 6) is 1.09. The normalized spacial score (nSPS) is 24.8. The molecule has 1 heterocycles. The summed E-state index contributed by atoms with van der Waals surface area (Å²) in [4.78, 5) is 13.9. The Kier molecular flexibility index (Phi) is 3.90. The molecule has 2 aromatic rings. The molecule has 24 heavy (non-hydrogen) atoms. The maximum atomic E-state index is 12.6. The predicted octanol–water partition coefficient (Wildman–Crippen LogP) is 4.49. The second-order valence-corrected chi connectivity index (χ2v) is 8.12. The minimum atomic E-state index is 0.0389. The Hall–Kier alpha value is -2.12. The van der Waals surface area contributed by atoms with Gasteiger partial charge in [0.2, 0.25) is 5.91 Å². The zero-order chi connectivity index (χ0) is 16.7. The summed E-state index contributed by atoms with van der Waals surface area (Å²) in [5.41, 5.74) is 3.11. The molecule has 1 fully saturated rings. The lowest BCUT2D eigenvalue weighted by Crippen LogP contribution is -2.14. The molecule has 2 aliphatic rings. The molecule has 1 saturated carbocycles. The van der Waals surface area contributed by atoms with E-state index in [1.165, 1.54) is 16.0 Å². The summed E-state index contributed by atoms with van der Waals surface area (Å²) >= 11 is 1.61. The van der Waals surface area contributed by atoms with Crippen molar-refractivity contribution in [2.45, 2.75) is 38.5 Å². The van der Waals surface area contributed by atoms with Crippen LogP contribution in [-0.2, 0) is 17.6 Å². The van der Waals surface area contributed by atoms with Gasteiger partial charge in [0.15, 0.2) is 0 Å². The van der Waals surface area contributed by atoms with Crippen LogP contribution in [0.3, 0.4) is 0 Å². The van der Waals surface area contributed by atoms with Crippen molar-refractivity contribution in [1.82, 2.24) is 0 Å². The van der Waals surface area contributed by atoms with Gasteiger partial charge in [-0.1, -0.05) is 37.3 Å². The lowest BCUT2D eigenvalue weighted by molar-refractivity contribution is -0.117. The summed E-state index contributed by atoms with van der Waals surface area (Å²) in [6, 6.07) is 12.5. The third-order valence-electron chi connectivity index (χ3n) is 5.22. The molecule has 0 bridgehead atoms. The molecule has 1 aromatic heterocycles. The van der Waals surface area contributed by atoms with Gasteiger partial charge in [0.1, 0.15) is 11.1 Å². The van der Waals surface area contributed by atoms with E-state index in [0.29, 0.717) is 17.4 Å². The number of hydrogen-bond acceptors (Lipinski definition) is 3. The predicted molar refractivity (Wildman–Crippen MR) is 96.1 cm³/mol. The van der Waals surface area contributed by atoms with Crippen LogP contribution >= 0.6 is 11.3 Å². The molecule has 0 spiro atoms. The first-order valence-electron chi connectivity index (χ1n) is 8.57. The molecule has 0 unspecified atom stereocenters. The fourth-order valence-corrected chi connectivity index (χ4v) is 5.08. The van der Waals surface area contributed by atoms with Gasteiger partial charge in [-0.05, 0) is 48.6 Å². The van der Waals surface area contributed by atoms with E-state index in [9.17, 15) is 10.1 Å². The number of carbonyl (C=O) groups excluding carboxylic acids is 1. The Morgan fingerprint density at radius 2 is 2.12 bits per heavy atom. The number of carbonyl (C=O) groups is 1. The Morgan fingerprint density at radius 1 is 1.33 bits per heavy atom. The van der Waals surface area contributed by atoms with Crippen molar-refractivity contribution in [3.05, 3.63) is 51.9 Å². The number of rotatable bonds is 3. The molecular formula is C20H20N2OS. The highest BCUT2D eigenvalue weighted by Crippen LogP contribution is 2.48. The second kappa shape index (κ2) is 6.07. The fourth-order valence-electron chi connectivity index (χ4n) is 3.72. The van der Waals surface area contributed by atoms with Crippen LogP contribution in [-0.4, -0.2) is 5.91 Å². The molecule has 0 radical (unpaired) electrons. The summed E-state index contributed by atoms with van der Waals surface area (Å²) in [6.45, 7) is 2.25. The molecule has 1 aromatic carbocycles. The van der Waals surface area contributed by atoms with E-state index in [2.05, 4.69) is 30.4 Å². The number of amides is 1. The van der Waals surface area contributed by atoms with Gasteiger partial charge >= 0.3 is 0 Å². The van der Waals surface area contributed by atoms with Gasteiger partial charge in [0.05, 0.1) is 5.56 Å². The van der Waals surface area contributed by atoms with E-state index in [1.807, 2.05) is 18.2 Å². The zero-order valence-electron chi connectivity index (χ0n) is 13.7. The summed E-state index contributed by atoms with van der Waals surface area (Å²) in [7, 11) is 0. The largest absolute Gasteiger partial charge is 0.316 e. The van der Waals surface area contributed by atoms with E-state index >= 15 is 0 Å². The molecule has 0 aliphatic heterocycles. The topological polar surface area (TPSA) is 52.9 Å². The first-order valence-corrected chi connectivity index (χ1v) is 9.39. The highest BCUT2D eigenvalue weighted by molar-refractivity contribution is 7.16. The molecule has 3 nitrogen and oxygen atoms in total.